The molecule has 1 aliphatic heterocycles. The van der Waals surface area contributed by atoms with Gasteiger partial charge < -0.3 is 14.6 Å². The summed E-state index contributed by atoms with van der Waals surface area (Å²) in [7, 11) is 0. The molecule has 1 aliphatic rings. The van der Waals surface area contributed by atoms with Gasteiger partial charge in [-0.25, -0.2) is 0 Å². The summed E-state index contributed by atoms with van der Waals surface area (Å²) in [6, 6.07) is 12.0. The minimum atomic E-state index is 0.0916. The van der Waals surface area contributed by atoms with Crippen LogP contribution in [-0.2, 0) is 0 Å². The molecule has 1 aromatic heterocycles. The normalized spacial score (nSPS) is 15.9. The predicted octanol–water partition coefficient (Wildman–Crippen LogP) is 2.94. The van der Waals surface area contributed by atoms with Crippen LogP contribution in [0.4, 0.5) is 0 Å². The van der Waals surface area contributed by atoms with Gasteiger partial charge in [-0.05, 0) is 69.0 Å². The third-order valence-corrected chi connectivity index (χ3v) is 4.80. The van der Waals surface area contributed by atoms with E-state index in [1.807, 2.05) is 29.2 Å². The van der Waals surface area contributed by atoms with Crippen LogP contribution >= 0.6 is 0 Å². The third-order valence-electron chi connectivity index (χ3n) is 4.80. The molecule has 0 aliphatic carbocycles. The van der Waals surface area contributed by atoms with Crippen LogP contribution in [0.2, 0.25) is 0 Å². The van der Waals surface area contributed by atoms with Gasteiger partial charge in [-0.15, -0.1) is 0 Å². The van der Waals surface area contributed by atoms with E-state index in [-0.39, 0.29) is 12.5 Å². The highest BCUT2D eigenvalue weighted by Crippen LogP contribution is 2.20. The average Bonchev–Trinajstić information content (AvgIpc) is 2.93. The molecule has 122 valence electrons. The second kappa shape index (κ2) is 6.59. The maximum Gasteiger partial charge on any atom is 0.253 e. The Morgan fingerprint density at radius 1 is 1.04 bits per heavy atom. The highest BCUT2D eigenvalue weighted by molar-refractivity contribution is 5.94. The van der Waals surface area contributed by atoms with Gasteiger partial charge in [-0.2, -0.15) is 0 Å². The first kappa shape index (κ1) is 15.8. The largest absolute Gasteiger partial charge is 0.396 e. The van der Waals surface area contributed by atoms with Crippen molar-refractivity contribution in [3.05, 3.63) is 53.3 Å². The lowest BCUT2D eigenvalue weighted by Gasteiger charge is -2.31. The molecular weight excluding hydrogens is 288 g/mol. The highest BCUT2D eigenvalue weighted by atomic mass is 16.3. The van der Waals surface area contributed by atoms with Crippen molar-refractivity contribution in [1.82, 2.24) is 9.47 Å². The fourth-order valence-corrected chi connectivity index (χ4v) is 3.33. The van der Waals surface area contributed by atoms with E-state index >= 15 is 0 Å². The van der Waals surface area contributed by atoms with E-state index in [1.54, 1.807) is 0 Å². The summed E-state index contributed by atoms with van der Waals surface area (Å²) < 4.78 is 2.18. The van der Waals surface area contributed by atoms with Gasteiger partial charge in [0, 0.05) is 42.3 Å². The number of aryl methyl sites for hydroxylation is 2. The van der Waals surface area contributed by atoms with Crippen molar-refractivity contribution < 1.29 is 9.90 Å². The molecule has 1 N–H and O–H groups in total. The summed E-state index contributed by atoms with van der Waals surface area (Å²) in [6.45, 7) is 5.87. The molecule has 3 rings (SSSR count). The number of carbonyl (C=O) groups excluding carboxylic acids is 1. The van der Waals surface area contributed by atoms with Gasteiger partial charge in [0.15, 0.2) is 0 Å². The van der Waals surface area contributed by atoms with Gasteiger partial charge in [0.2, 0.25) is 0 Å². The standard InChI is InChI=1S/C19H24N2O2/c1-14-3-4-15(2)21(14)18-7-5-17(6-8-18)19(23)20-11-9-16(13-22)10-12-20/h3-8,16,22H,9-13H2,1-2H3. The zero-order chi connectivity index (χ0) is 16.4. The summed E-state index contributed by atoms with van der Waals surface area (Å²) in [5, 5.41) is 9.19. The van der Waals surface area contributed by atoms with E-state index in [0.717, 1.165) is 37.2 Å². The zero-order valence-corrected chi connectivity index (χ0v) is 13.8. The Bertz CT molecular complexity index is 660. The molecule has 23 heavy (non-hydrogen) atoms. The maximum absolute atomic E-state index is 12.6. The molecule has 0 saturated carbocycles. The van der Waals surface area contributed by atoms with Crippen LogP contribution in [0.25, 0.3) is 5.69 Å². The van der Waals surface area contributed by atoms with Gasteiger partial charge in [0.1, 0.15) is 0 Å². The number of benzene rings is 1. The molecule has 1 fully saturated rings. The van der Waals surface area contributed by atoms with Crippen molar-refractivity contribution in [2.45, 2.75) is 26.7 Å². The summed E-state index contributed by atoms with van der Waals surface area (Å²) in [4.78, 5) is 14.5. The van der Waals surface area contributed by atoms with Gasteiger partial charge in [-0.1, -0.05) is 0 Å². The van der Waals surface area contributed by atoms with Crippen molar-refractivity contribution in [3.8, 4) is 5.69 Å². The van der Waals surface area contributed by atoms with E-state index in [0.29, 0.717) is 5.92 Å². The van der Waals surface area contributed by atoms with E-state index < -0.39 is 0 Å². The Morgan fingerprint density at radius 3 is 2.13 bits per heavy atom. The summed E-state index contributed by atoms with van der Waals surface area (Å²) in [5.74, 6) is 0.440. The monoisotopic (exact) mass is 312 g/mol. The van der Waals surface area contributed by atoms with E-state index in [9.17, 15) is 9.90 Å². The first-order chi connectivity index (χ1) is 11.1. The van der Waals surface area contributed by atoms with Crippen LogP contribution in [-0.4, -0.2) is 40.2 Å². The van der Waals surface area contributed by atoms with Crippen molar-refractivity contribution in [2.75, 3.05) is 19.7 Å². The lowest BCUT2D eigenvalue weighted by Crippen LogP contribution is -2.39. The molecule has 0 radical (unpaired) electrons. The lowest BCUT2D eigenvalue weighted by atomic mass is 9.97. The van der Waals surface area contributed by atoms with Crippen LogP contribution in [0, 0.1) is 19.8 Å². The molecule has 4 nitrogen and oxygen atoms in total. The first-order valence-corrected chi connectivity index (χ1v) is 8.25. The third kappa shape index (κ3) is 3.17. The summed E-state index contributed by atoms with van der Waals surface area (Å²) in [6.07, 6.45) is 1.78. The van der Waals surface area contributed by atoms with Crippen LogP contribution in [0.5, 0.6) is 0 Å². The van der Waals surface area contributed by atoms with E-state index in [2.05, 4.69) is 30.5 Å². The van der Waals surface area contributed by atoms with Crippen LogP contribution < -0.4 is 0 Å². The predicted molar refractivity (Wildman–Crippen MR) is 91.0 cm³/mol. The average molecular weight is 312 g/mol. The van der Waals surface area contributed by atoms with Crippen molar-refractivity contribution in [3.63, 3.8) is 0 Å². The molecule has 0 atom stereocenters. The molecule has 1 amide bonds. The van der Waals surface area contributed by atoms with E-state index in [1.165, 1.54) is 11.4 Å². The fourth-order valence-electron chi connectivity index (χ4n) is 3.33. The second-order valence-corrected chi connectivity index (χ2v) is 6.42. The van der Waals surface area contributed by atoms with Crippen molar-refractivity contribution in [2.24, 2.45) is 5.92 Å². The van der Waals surface area contributed by atoms with Gasteiger partial charge in [-0.3, -0.25) is 4.79 Å². The lowest BCUT2D eigenvalue weighted by molar-refractivity contribution is 0.0651. The molecule has 1 aromatic carbocycles. The molecule has 1 saturated heterocycles. The number of nitrogens with zero attached hydrogens (tertiary/aromatic N) is 2. The van der Waals surface area contributed by atoms with Gasteiger partial charge in [0.05, 0.1) is 0 Å². The highest BCUT2D eigenvalue weighted by Gasteiger charge is 2.23. The molecule has 4 heteroatoms. The molecule has 0 unspecified atom stereocenters. The number of amides is 1. The number of aliphatic hydroxyl groups is 1. The van der Waals surface area contributed by atoms with Crippen LogP contribution in [0.15, 0.2) is 36.4 Å². The first-order valence-electron chi connectivity index (χ1n) is 8.25. The Morgan fingerprint density at radius 2 is 1.61 bits per heavy atom. The number of carbonyl (C=O) groups is 1. The number of likely N-dealkylation sites (tertiary alicyclic amines) is 1. The molecular formula is C19H24N2O2. The minimum absolute atomic E-state index is 0.0916. The SMILES string of the molecule is Cc1ccc(C)n1-c1ccc(C(=O)N2CCC(CO)CC2)cc1. The molecule has 2 aromatic rings. The van der Waals surface area contributed by atoms with Crippen LogP contribution in [0.1, 0.15) is 34.6 Å². The van der Waals surface area contributed by atoms with E-state index in [4.69, 9.17) is 0 Å². The number of hydrogen-bond acceptors (Lipinski definition) is 2. The number of aliphatic hydroxyl groups excluding tert-OH is 1. The molecule has 2 heterocycles. The topological polar surface area (TPSA) is 45.5 Å². The Labute approximate surface area is 137 Å². The smallest absolute Gasteiger partial charge is 0.253 e. The molecule has 0 bridgehead atoms. The Balaban J connectivity index is 1.74. The Kier molecular flexibility index (Phi) is 4.53. The maximum atomic E-state index is 12.6. The summed E-state index contributed by atoms with van der Waals surface area (Å²) in [5.41, 5.74) is 4.19. The fraction of sp³-hybridized carbons (Fsp3) is 0.421. The zero-order valence-electron chi connectivity index (χ0n) is 13.8. The van der Waals surface area contributed by atoms with Crippen molar-refractivity contribution >= 4 is 5.91 Å². The quantitative estimate of drug-likeness (QED) is 0.947. The molecule has 0 spiro atoms. The van der Waals surface area contributed by atoms with Gasteiger partial charge in [0.25, 0.3) is 5.91 Å². The van der Waals surface area contributed by atoms with Gasteiger partial charge >= 0.3 is 0 Å². The minimum Gasteiger partial charge on any atom is -0.396 e. The Hall–Kier alpha value is -2.07. The number of hydrogen-bond donors (Lipinski definition) is 1. The summed E-state index contributed by atoms with van der Waals surface area (Å²) >= 11 is 0. The van der Waals surface area contributed by atoms with Crippen molar-refractivity contribution in [1.29, 1.82) is 0 Å². The number of rotatable bonds is 3. The second-order valence-electron chi connectivity index (χ2n) is 6.42. The number of piperidine rings is 1. The number of aromatic nitrogens is 1. The van der Waals surface area contributed by atoms with Crippen LogP contribution in [0.3, 0.4) is 0 Å².